The minimum absolute atomic E-state index is 0.207. The zero-order chi connectivity index (χ0) is 18.5. The lowest BCUT2D eigenvalue weighted by molar-refractivity contribution is 0.102. The lowest BCUT2D eigenvalue weighted by Crippen LogP contribution is -2.15. The van der Waals surface area contributed by atoms with Gasteiger partial charge in [-0.3, -0.25) is 9.78 Å². The van der Waals surface area contributed by atoms with Gasteiger partial charge >= 0.3 is 0 Å². The number of nitrogens with one attached hydrogen (secondary N) is 2. The van der Waals surface area contributed by atoms with Crippen molar-refractivity contribution < 1.29 is 4.79 Å². The quantitative estimate of drug-likeness (QED) is 0.693. The van der Waals surface area contributed by atoms with Crippen LogP contribution < -0.4 is 10.6 Å². The predicted octanol–water partition coefficient (Wildman–Crippen LogP) is 4.87. The SMILES string of the molecule is Cc1cccc(CNc2ccnc(C(=O)Nc3c(C)cccc3C)c2)c1. The largest absolute Gasteiger partial charge is 0.381 e. The number of anilines is 2. The Kier molecular flexibility index (Phi) is 5.32. The molecule has 1 amide bonds. The average molecular weight is 345 g/mol. The first-order chi connectivity index (χ1) is 12.5. The van der Waals surface area contributed by atoms with Crippen LogP contribution in [0.2, 0.25) is 0 Å². The zero-order valence-electron chi connectivity index (χ0n) is 15.3. The highest BCUT2D eigenvalue weighted by Crippen LogP contribution is 2.20. The second-order valence-electron chi connectivity index (χ2n) is 6.49. The summed E-state index contributed by atoms with van der Waals surface area (Å²) in [6, 6.07) is 17.9. The van der Waals surface area contributed by atoms with Gasteiger partial charge in [-0.15, -0.1) is 0 Å². The first-order valence-corrected chi connectivity index (χ1v) is 8.66. The fourth-order valence-electron chi connectivity index (χ4n) is 2.88. The van der Waals surface area contributed by atoms with E-state index in [2.05, 4.69) is 40.7 Å². The Morgan fingerprint density at radius 3 is 2.42 bits per heavy atom. The molecule has 4 nitrogen and oxygen atoms in total. The molecule has 2 N–H and O–H groups in total. The molecule has 0 saturated heterocycles. The molecule has 0 radical (unpaired) electrons. The van der Waals surface area contributed by atoms with Gasteiger partial charge in [0, 0.05) is 24.1 Å². The van der Waals surface area contributed by atoms with Crippen LogP contribution in [0.15, 0.2) is 60.8 Å². The fourth-order valence-corrected chi connectivity index (χ4v) is 2.88. The molecule has 0 aliphatic carbocycles. The third kappa shape index (κ3) is 4.28. The highest BCUT2D eigenvalue weighted by molar-refractivity contribution is 6.04. The van der Waals surface area contributed by atoms with Crippen molar-refractivity contribution in [2.24, 2.45) is 0 Å². The number of amides is 1. The summed E-state index contributed by atoms with van der Waals surface area (Å²) < 4.78 is 0. The Morgan fingerprint density at radius 1 is 0.962 bits per heavy atom. The van der Waals surface area contributed by atoms with Crippen molar-refractivity contribution >= 4 is 17.3 Å². The maximum absolute atomic E-state index is 12.6. The topological polar surface area (TPSA) is 54.0 Å². The van der Waals surface area contributed by atoms with Gasteiger partial charge in [-0.05, 0) is 49.6 Å². The zero-order valence-corrected chi connectivity index (χ0v) is 15.3. The summed E-state index contributed by atoms with van der Waals surface area (Å²) in [6.45, 7) is 6.74. The lowest BCUT2D eigenvalue weighted by atomic mass is 10.1. The van der Waals surface area contributed by atoms with E-state index < -0.39 is 0 Å². The van der Waals surface area contributed by atoms with Gasteiger partial charge in [-0.2, -0.15) is 0 Å². The van der Waals surface area contributed by atoms with Crippen molar-refractivity contribution in [1.82, 2.24) is 4.98 Å². The molecule has 0 bridgehead atoms. The van der Waals surface area contributed by atoms with Crippen LogP contribution in [-0.4, -0.2) is 10.9 Å². The molecule has 0 unspecified atom stereocenters. The van der Waals surface area contributed by atoms with E-state index in [-0.39, 0.29) is 5.91 Å². The van der Waals surface area contributed by atoms with Crippen molar-refractivity contribution in [3.63, 3.8) is 0 Å². The number of pyridine rings is 1. The van der Waals surface area contributed by atoms with Crippen molar-refractivity contribution in [3.05, 3.63) is 88.7 Å². The molecule has 3 rings (SSSR count). The smallest absolute Gasteiger partial charge is 0.274 e. The van der Waals surface area contributed by atoms with Crippen molar-refractivity contribution in [2.45, 2.75) is 27.3 Å². The highest BCUT2D eigenvalue weighted by atomic mass is 16.1. The van der Waals surface area contributed by atoms with E-state index in [4.69, 9.17) is 0 Å². The van der Waals surface area contributed by atoms with Crippen molar-refractivity contribution in [1.29, 1.82) is 0 Å². The Bertz CT molecular complexity index is 914. The van der Waals surface area contributed by atoms with Crippen LogP contribution in [0.5, 0.6) is 0 Å². The summed E-state index contributed by atoms with van der Waals surface area (Å²) in [5, 5.41) is 6.32. The minimum atomic E-state index is -0.207. The van der Waals surface area contributed by atoms with Crippen molar-refractivity contribution in [2.75, 3.05) is 10.6 Å². The third-order valence-electron chi connectivity index (χ3n) is 4.29. The summed E-state index contributed by atoms with van der Waals surface area (Å²) in [5.74, 6) is -0.207. The maximum atomic E-state index is 12.6. The number of aromatic nitrogens is 1. The molecule has 26 heavy (non-hydrogen) atoms. The van der Waals surface area contributed by atoms with E-state index >= 15 is 0 Å². The van der Waals surface area contributed by atoms with Gasteiger partial charge in [0.1, 0.15) is 5.69 Å². The molecule has 0 atom stereocenters. The highest BCUT2D eigenvalue weighted by Gasteiger charge is 2.11. The molecule has 0 saturated carbocycles. The molecule has 0 aliphatic rings. The van der Waals surface area contributed by atoms with Gasteiger partial charge in [-0.25, -0.2) is 0 Å². The second kappa shape index (κ2) is 7.83. The number of aryl methyl sites for hydroxylation is 3. The first-order valence-electron chi connectivity index (χ1n) is 8.66. The predicted molar refractivity (Wildman–Crippen MR) is 107 cm³/mol. The average Bonchev–Trinajstić information content (AvgIpc) is 2.63. The Balaban J connectivity index is 1.71. The number of carbonyl (C=O) groups excluding carboxylic acids is 1. The van der Waals surface area contributed by atoms with Crippen LogP contribution in [0.1, 0.15) is 32.7 Å². The number of hydrogen-bond acceptors (Lipinski definition) is 3. The van der Waals surface area contributed by atoms with Gasteiger partial charge in [0.2, 0.25) is 0 Å². The molecule has 0 aliphatic heterocycles. The number of benzene rings is 2. The monoisotopic (exact) mass is 345 g/mol. The molecule has 1 aromatic heterocycles. The molecule has 3 aromatic rings. The lowest BCUT2D eigenvalue weighted by Gasteiger charge is -2.12. The first kappa shape index (κ1) is 17.7. The fraction of sp³-hybridized carbons (Fsp3) is 0.182. The summed E-state index contributed by atoms with van der Waals surface area (Å²) in [4.78, 5) is 16.8. The summed E-state index contributed by atoms with van der Waals surface area (Å²) in [5.41, 5.74) is 6.60. The van der Waals surface area contributed by atoms with Gasteiger partial charge in [0.25, 0.3) is 5.91 Å². The van der Waals surface area contributed by atoms with Crippen LogP contribution in [0.25, 0.3) is 0 Å². The van der Waals surface area contributed by atoms with Gasteiger partial charge < -0.3 is 10.6 Å². The Hall–Kier alpha value is -3.14. The number of rotatable bonds is 5. The van der Waals surface area contributed by atoms with Crippen LogP contribution >= 0.6 is 0 Å². The van der Waals surface area contributed by atoms with Gasteiger partial charge in [0.05, 0.1) is 0 Å². The van der Waals surface area contributed by atoms with Crippen LogP contribution in [-0.2, 0) is 6.54 Å². The standard InChI is InChI=1S/C22H23N3O/c1-15-6-4-9-18(12-15)14-24-19-10-11-23-20(13-19)22(26)25-21-16(2)7-5-8-17(21)3/h4-13H,14H2,1-3H3,(H,23,24)(H,25,26). The molecular weight excluding hydrogens is 322 g/mol. The van der Waals surface area contributed by atoms with E-state index in [1.165, 1.54) is 11.1 Å². The second-order valence-corrected chi connectivity index (χ2v) is 6.49. The van der Waals surface area contributed by atoms with Crippen LogP contribution in [0.3, 0.4) is 0 Å². The van der Waals surface area contributed by atoms with Gasteiger partial charge in [0.15, 0.2) is 0 Å². The third-order valence-corrected chi connectivity index (χ3v) is 4.29. The molecule has 1 heterocycles. The molecular formula is C22H23N3O. The number of hydrogen-bond donors (Lipinski definition) is 2. The normalized spacial score (nSPS) is 10.4. The molecule has 2 aromatic carbocycles. The van der Waals surface area contributed by atoms with E-state index in [0.29, 0.717) is 12.2 Å². The number of carbonyl (C=O) groups is 1. The van der Waals surface area contributed by atoms with E-state index in [1.807, 2.05) is 44.2 Å². The number of para-hydroxylation sites is 1. The molecule has 132 valence electrons. The molecule has 0 fully saturated rings. The van der Waals surface area contributed by atoms with Crippen molar-refractivity contribution in [3.8, 4) is 0 Å². The van der Waals surface area contributed by atoms with E-state index in [1.54, 1.807) is 12.3 Å². The maximum Gasteiger partial charge on any atom is 0.274 e. The van der Waals surface area contributed by atoms with Crippen LogP contribution in [0, 0.1) is 20.8 Å². The Labute approximate surface area is 154 Å². The van der Waals surface area contributed by atoms with Gasteiger partial charge in [-0.1, -0.05) is 48.0 Å². The van der Waals surface area contributed by atoms with E-state index in [9.17, 15) is 4.79 Å². The van der Waals surface area contributed by atoms with Crippen LogP contribution in [0.4, 0.5) is 11.4 Å². The molecule has 4 heteroatoms. The minimum Gasteiger partial charge on any atom is -0.381 e. The summed E-state index contributed by atoms with van der Waals surface area (Å²) in [7, 11) is 0. The summed E-state index contributed by atoms with van der Waals surface area (Å²) >= 11 is 0. The number of nitrogens with zero attached hydrogens (tertiary/aromatic N) is 1. The Morgan fingerprint density at radius 2 is 1.69 bits per heavy atom. The van der Waals surface area contributed by atoms with E-state index in [0.717, 1.165) is 22.5 Å². The summed E-state index contributed by atoms with van der Waals surface area (Å²) in [6.07, 6.45) is 1.65. The molecule has 0 spiro atoms.